The van der Waals surface area contributed by atoms with Crippen LogP contribution in [0.5, 0.6) is 0 Å². The van der Waals surface area contributed by atoms with Gasteiger partial charge in [0.25, 0.3) is 0 Å². The first kappa shape index (κ1) is 22.9. The summed E-state index contributed by atoms with van der Waals surface area (Å²) in [5.74, 6) is 0.358. The fraction of sp³-hybridized carbons (Fsp3) is 0.296. The number of nitrogens with zero attached hydrogens (tertiary/aromatic N) is 3. The van der Waals surface area contributed by atoms with Crippen molar-refractivity contribution >= 4 is 45.2 Å². The normalized spacial score (nSPS) is 12.2. The molecular formula is C27H28N4OS. The Kier molecular flexibility index (Phi) is 6.71. The monoisotopic (exact) mass is 456 g/mol. The van der Waals surface area contributed by atoms with Gasteiger partial charge in [-0.1, -0.05) is 43.8 Å². The standard InChI is InChI=1S/C27H28N4OS/c1-5-31-24-9-7-6-8-22(24)23-15-21(12-13-25(23)31)29-26(32)18(4)33-27-19(16-28)10-11-20(30-27)14-17(2)3/h6-13,15,17-18H,5,14H2,1-4H3,(H,29,32). The highest BCUT2D eigenvalue weighted by atomic mass is 32.2. The van der Waals surface area contributed by atoms with Gasteiger partial charge in [0, 0.05) is 39.7 Å². The lowest BCUT2D eigenvalue weighted by atomic mass is 10.1. The van der Waals surface area contributed by atoms with E-state index in [1.165, 1.54) is 22.7 Å². The highest BCUT2D eigenvalue weighted by Gasteiger charge is 2.19. The SMILES string of the molecule is CCn1c2ccccc2c2cc(NC(=O)C(C)Sc3nc(CC(C)C)ccc3C#N)ccc21. The van der Waals surface area contributed by atoms with Gasteiger partial charge in [-0.3, -0.25) is 4.79 Å². The molecule has 0 fully saturated rings. The Morgan fingerprint density at radius 2 is 1.85 bits per heavy atom. The summed E-state index contributed by atoms with van der Waals surface area (Å²) in [7, 11) is 0. The van der Waals surface area contributed by atoms with E-state index in [4.69, 9.17) is 0 Å². The van der Waals surface area contributed by atoms with Crippen molar-refractivity contribution in [2.24, 2.45) is 5.92 Å². The van der Waals surface area contributed by atoms with Crippen LogP contribution in [0.4, 0.5) is 5.69 Å². The Balaban J connectivity index is 1.56. The van der Waals surface area contributed by atoms with Gasteiger partial charge in [-0.15, -0.1) is 0 Å². The number of anilines is 1. The number of nitriles is 1. The zero-order valence-electron chi connectivity index (χ0n) is 19.4. The number of pyridine rings is 1. The van der Waals surface area contributed by atoms with Crippen LogP contribution in [0.3, 0.4) is 0 Å². The number of hydrogen-bond donors (Lipinski definition) is 1. The molecule has 2 heterocycles. The lowest BCUT2D eigenvalue weighted by Gasteiger charge is -2.14. The van der Waals surface area contributed by atoms with Gasteiger partial charge in [0.1, 0.15) is 11.1 Å². The third kappa shape index (κ3) is 4.74. The Labute approximate surface area is 198 Å². The Morgan fingerprint density at radius 3 is 2.58 bits per heavy atom. The van der Waals surface area contributed by atoms with E-state index >= 15 is 0 Å². The topological polar surface area (TPSA) is 70.7 Å². The van der Waals surface area contributed by atoms with Crippen LogP contribution in [0, 0.1) is 17.2 Å². The van der Waals surface area contributed by atoms with Gasteiger partial charge in [0.2, 0.25) is 5.91 Å². The van der Waals surface area contributed by atoms with E-state index in [1.54, 1.807) is 6.07 Å². The van der Waals surface area contributed by atoms with Gasteiger partial charge in [0.05, 0.1) is 10.8 Å². The molecule has 6 heteroatoms. The first-order chi connectivity index (χ1) is 15.9. The molecule has 1 amide bonds. The van der Waals surface area contributed by atoms with Crippen LogP contribution in [0.15, 0.2) is 59.6 Å². The van der Waals surface area contributed by atoms with Gasteiger partial charge in [-0.05, 0) is 62.6 Å². The zero-order chi connectivity index (χ0) is 23.5. The number of aromatic nitrogens is 2. The molecule has 1 atom stereocenters. The molecule has 0 saturated heterocycles. The first-order valence-corrected chi connectivity index (χ1v) is 12.2. The average molecular weight is 457 g/mol. The lowest BCUT2D eigenvalue weighted by Crippen LogP contribution is -2.22. The highest BCUT2D eigenvalue weighted by Crippen LogP contribution is 2.32. The van der Waals surface area contributed by atoms with Crippen LogP contribution in [0.25, 0.3) is 21.8 Å². The average Bonchev–Trinajstić information content (AvgIpc) is 3.12. The van der Waals surface area contributed by atoms with Gasteiger partial charge in [0.15, 0.2) is 0 Å². The van der Waals surface area contributed by atoms with E-state index in [9.17, 15) is 10.1 Å². The van der Waals surface area contributed by atoms with Crippen molar-refractivity contribution in [1.29, 1.82) is 5.26 Å². The molecule has 5 nitrogen and oxygen atoms in total. The molecule has 0 spiro atoms. The molecule has 4 aromatic rings. The highest BCUT2D eigenvalue weighted by molar-refractivity contribution is 8.00. The number of nitrogens with one attached hydrogen (secondary N) is 1. The van der Waals surface area contributed by atoms with Crippen molar-refractivity contribution in [3.8, 4) is 6.07 Å². The maximum absolute atomic E-state index is 13.0. The number of carbonyl (C=O) groups excluding carboxylic acids is 1. The van der Waals surface area contributed by atoms with Crippen LogP contribution in [0.1, 0.15) is 39.0 Å². The fourth-order valence-corrected chi connectivity index (χ4v) is 5.03. The van der Waals surface area contributed by atoms with Gasteiger partial charge in [-0.25, -0.2) is 4.98 Å². The van der Waals surface area contributed by atoms with Crippen molar-refractivity contribution in [1.82, 2.24) is 9.55 Å². The molecule has 0 radical (unpaired) electrons. The third-order valence-corrected chi connectivity index (χ3v) is 6.77. The second-order valence-electron chi connectivity index (χ2n) is 8.61. The molecule has 2 aromatic heterocycles. The molecule has 0 aliphatic rings. The number of fused-ring (bicyclic) bond motifs is 3. The number of benzene rings is 2. The van der Waals surface area contributed by atoms with Crippen molar-refractivity contribution in [3.05, 3.63) is 65.9 Å². The molecule has 1 unspecified atom stereocenters. The maximum atomic E-state index is 13.0. The molecule has 0 saturated carbocycles. The number of aryl methyl sites for hydroxylation is 1. The van der Waals surface area contributed by atoms with E-state index in [0.29, 0.717) is 16.5 Å². The summed E-state index contributed by atoms with van der Waals surface area (Å²) in [4.78, 5) is 17.7. The summed E-state index contributed by atoms with van der Waals surface area (Å²) < 4.78 is 2.29. The minimum atomic E-state index is -0.397. The first-order valence-electron chi connectivity index (χ1n) is 11.3. The van der Waals surface area contributed by atoms with Crippen LogP contribution in [0.2, 0.25) is 0 Å². The molecule has 168 valence electrons. The second-order valence-corrected chi connectivity index (χ2v) is 9.94. The van der Waals surface area contributed by atoms with E-state index in [-0.39, 0.29) is 5.91 Å². The number of carbonyl (C=O) groups is 1. The molecule has 33 heavy (non-hydrogen) atoms. The van der Waals surface area contributed by atoms with Crippen molar-refractivity contribution in [2.45, 2.75) is 50.9 Å². The van der Waals surface area contributed by atoms with E-state index in [2.05, 4.69) is 66.0 Å². The predicted molar refractivity (Wildman–Crippen MR) is 137 cm³/mol. The van der Waals surface area contributed by atoms with Crippen LogP contribution < -0.4 is 5.32 Å². The van der Waals surface area contributed by atoms with Crippen LogP contribution in [-0.2, 0) is 17.8 Å². The summed E-state index contributed by atoms with van der Waals surface area (Å²) in [5.41, 5.74) is 4.56. The van der Waals surface area contributed by atoms with Crippen molar-refractivity contribution in [3.63, 3.8) is 0 Å². The minimum Gasteiger partial charge on any atom is -0.341 e. The number of rotatable bonds is 7. The van der Waals surface area contributed by atoms with Crippen LogP contribution in [-0.4, -0.2) is 20.7 Å². The molecule has 4 rings (SSSR count). The smallest absolute Gasteiger partial charge is 0.237 e. The summed E-state index contributed by atoms with van der Waals surface area (Å²) in [6.45, 7) is 9.14. The van der Waals surface area contributed by atoms with Crippen LogP contribution >= 0.6 is 11.8 Å². The fourth-order valence-electron chi connectivity index (χ4n) is 4.12. The molecule has 2 aromatic carbocycles. The second kappa shape index (κ2) is 9.68. The van der Waals surface area contributed by atoms with E-state index in [1.807, 2.05) is 31.2 Å². The maximum Gasteiger partial charge on any atom is 0.237 e. The third-order valence-electron chi connectivity index (χ3n) is 5.67. The molecule has 0 bridgehead atoms. The van der Waals surface area contributed by atoms with Crippen molar-refractivity contribution in [2.75, 3.05) is 5.32 Å². The van der Waals surface area contributed by atoms with Gasteiger partial charge < -0.3 is 9.88 Å². The summed E-state index contributed by atoms with van der Waals surface area (Å²) in [6.07, 6.45) is 0.839. The Hall–Kier alpha value is -3.30. The molecule has 1 N–H and O–H groups in total. The summed E-state index contributed by atoms with van der Waals surface area (Å²) in [5, 5.41) is 15.1. The summed E-state index contributed by atoms with van der Waals surface area (Å²) in [6, 6.07) is 20.3. The molecule has 0 aliphatic heterocycles. The van der Waals surface area contributed by atoms with Gasteiger partial charge >= 0.3 is 0 Å². The van der Waals surface area contributed by atoms with Gasteiger partial charge in [-0.2, -0.15) is 5.26 Å². The predicted octanol–water partition coefficient (Wildman–Crippen LogP) is 6.40. The quantitative estimate of drug-likeness (QED) is 0.327. The molecular weight excluding hydrogens is 428 g/mol. The summed E-state index contributed by atoms with van der Waals surface area (Å²) >= 11 is 1.33. The van der Waals surface area contributed by atoms with E-state index < -0.39 is 5.25 Å². The lowest BCUT2D eigenvalue weighted by molar-refractivity contribution is -0.115. The largest absolute Gasteiger partial charge is 0.341 e. The Bertz CT molecular complexity index is 1370. The minimum absolute atomic E-state index is 0.112. The Morgan fingerprint density at radius 1 is 1.09 bits per heavy atom. The zero-order valence-corrected chi connectivity index (χ0v) is 20.2. The number of thioether (sulfide) groups is 1. The number of para-hydroxylation sites is 1. The number of amides is 1. The molecule has 0 aliphatic carbocycles. The van der Waals surface area contributed by atoms with E-state index in [0.717, 1.165) is 35.2 Å². The number of hydrogen-bond acceptors (Lipinski definition) is 4. The van der Waals surface area contributed by atoms with Crippen molar-refractivity contribution < 1.29 is 4.79 Å².